The summed E-state index contributed by atoms with van der Waals surface area (Å²) < 4.78 is 19.4. The molecule has 1 fully saturated rings. The van der Waals surface area contributed by atoms with E-state index >= 15 is 0 Å². The van der Waals surface area contributed by atoms with Crippen molar-refractivity contribution in [1.29, 1.82) is 0 Å². The van der Waals surface area contributed by atoms with Crippen molar-refractivity contribution >= 4 is 5.69 Å². The Labute approximate surface area is 114 Å². The molecule has 1 aromatic rings. The number of hydrogen-bond acceptors (Lipinski definition) is 3. The zero-order valence-electron chi connectivity index (χ0n) is 11.7. The second-order valence-electron chi connectivity index (χ2n) is 5.44. The summed E-state index contributed by atoms with van der Waals surface area (Å²) in [7, 11) is 1.94. The van der Waals surface area contributed by atoms with Crippen LogP contribution in [0.15, 0.2) is 18.2 Å². The largest absolute Gasteiger partial charge is 0.381 e. The van der Waals surface area contributed by atoms with Crippen molar-refractivity contribution in [3.63, 3.8) is 0 Å². The molecule has 4 heteroatoms. The standard InChI is InChI=1S/C15H23FN2O/c1-11(17)13-3-4-15(14(16)9-13)18(2)10-12-5-7-19-8-6-12/h3-4,9,11-12H,5-8,10,17H2,1-2H3/t11-/m0/s1. The van der Waals surface area contributed by atoms with Gasteiger partial charge in [-0.25, -0.2) is 4.39 Å². The fraction of sp³-hybridized carbons (Fsp3) is 0.600. The molecule has 1 aromatic carbocycles. The predicted octanol–water partition coefficient (Wildman–Crippen LogP) is 2.71. The second-order valence-corrected chi connectivity index (χ2v) is 5.44. The molecular formula is C15H23FN2O. The minimum Gasteiger partial charge on any atom is -0.381 e. The Bertz CT molecular complexity index is 417. The maximum Gasteiger partial charge on any atom is 0.146 e. The summed E-state index contributed by atoms with van der Waals surface area (Å²) >= 11 is 0. The van der Waals surface area contributed by atoms with Crippen LogP contribution in [0.1, 0.15) is 31.4 Å². The van der Waals surface area contributed by atoms with Gasteiger partial charge < -0.3 is 15.4 Å². The Balaban J connectivity index is 2.03. The molecule has 1 atom stereocenters. The van der Waals surface area contributed by atoms with E-state index in [0.717, 1.165) is 38.2 Å². The molecule has 0 saturated carbocycles. The van der Waals surface area contributed by atoms with Gasteiger partial charge in [-0.1, -0.05) is 6.07 Å². The first kappa shape index (κ1) is 14.3. The lowest BCUT2D eigenvalue weighted by atomic mass is 9.99. The third-order valence-electron chi connectivity index (χ3n) is 3.78. The lowest BCUT2D eigenvalue weighted by molar-refractivity contribution is 0.0685. The molecule has 1 aliphatic heterocycles. The summed E-state index contributed by atoms with van der Waals surface area (Å²) in [5.74, 6) is 0.399. The molecule has 0 aromatic heterocycles. The van der Waals surface area contributed by atoms with E-state index in [-0.39, 0.29) is 11.9 Å². The maximum absolute atomic E-state index is 14.1. The normalized spacial score (nSPS) is 18.3. The van der Waals surface area contributed by atoms with E-state index in [1.807, 2.05) is 31.0 Å². The van der Waals surface area contributed by atoms with Gasteiger partial charge in [-0.2, -0.15) is 0 Å². The van der Waals surface area contributed by atoms with Gasteiger partial charge in [0.1, 0.15) is 5.82 Å². The zero-order chi connectivity index (χ0) is 13.8. The first-order valence-corrected chi connectivity index (χ1v) is 6.92. The highest BCUT2D eigenvalue weighted by atomic mass is 19.1. The first-order chi connectivity index (χ1) is 9.08. The number of rotatable bonds is 4. The molecule has 0 bridgehead atoms. The monoisotopic (exact) mass is 266 g/mol. The topological polar surface area (TPSA) is 38.5 Å². The Morgan fingerprint density at radius 3 is 2.68 bits per heavy atom. The van der Waals surface area contributed by atoms with E-state index in [2.05, 4.69) is 0 Å². The maximum atomic E-state index is 14.1. The van der Waals surface area contributed by atoms with Crippen LogP contribution in [0.4, 0.5) is 10.1 Å². The van der Waals surface area contributed by atoms with Gasteiger partial charge in [0.15, 0.2) is 0 Å². The molecule has 0 spiro atoms. The molecule has 1 aliphatic rings. The lowest BCUT2D eigenvalue weighted by Crippen LogP contribution is -2.30. The summed E-state index contributed by atoms with van der Waals surface area (Å²) in [6.07, 6.45) is 2.12. The quantitative estimate of drug-likeness (QED) is 0.910. The second kappa shape index (κ2) is 6.35. The molecule has 0 radical (unpaired) electrons. The molecule has 1 saturated heterocycles. The van der Waals surface area contributed by atoms with Crippen molar-refractivity contribution in [2.75, 3.05) is 31.7 Å². The van der Waals surface area contributed by atoms with Crippen LogP contribution in [0.3, 0.4) is 0 Å². The van der Waals surface area contributed by atoms with Crippen LogP contribution < -0.4 is 10.6 Å². The SMILES string of the molecule is C[C@H](N)c1ccc(N(C)CC2CCOCC2)c(F)c1. The molecule has 0 amide bonds. The van der Waals surface area contributed by atoms with Crippen LogP contribution in [0.2, 0.25) is 0 Å². The molecule has 2 rings (SSSR count). The van der Waals surface area contributed by atoms with E-state index in [1.165, 1.54) is 0 Å². The van der Waals surface area contributed by atoms with Gasteiger partial charge in [-0.15, -0.1) is 0 Å². The van der Waals surface area contributed by atoms with Crippen LogP contribution in [0, 0.1) is 11.7 Å². The van der Waals surface area contributed by atoms with Crippen molar-refractivity contribution in [1.82, 2.24) is 0 Å². The average molecular weight is 266 g/mol. The number of nitrogens with two attached hydrogens (primary N) is 1. The molecule has 0 aliphatic carbocycles. The van der Waals surface area contributed by atoms with E-state index in [9.17, 15) is 4.39 Å². The van der Waals surface area contributed by atoms with Crippen molar-refractivity contribution in [3.05, 3.63) is 29.6 Å². The van der Waals surface area contributed by atoms with E-state index in [1.54, 1.807) is 6.07 Å². The summed E-state index contributed by atoms with van der Waals surface area (Å²) in [6.45, 7) is 4.38. The minimum absolute atomic E-state index is 0.135. The molecular weight excluding hydrogens is 243 g/mol. The van der Waals surface area contributed by atoms with Gasteiger partial charge >= 0.3 is 0 Å². The Kier molecular flexibility index (Phi) is 4.77. The number of halogens is 1. The first-order valence-electron chi connectivity index (χ1n) is 6.92. The van der Waals surface area contributed by atoms with Crippen molar-refractivity contribution < 1.29 is 9.13 Å². The van der Waals surface area contributed by atoms with Crippen LogP contribution in [0.25, 0.3) is 0 Å². The van der Waals surface area contributed by atoms with Gasteiger partial charge in [0.2, 0.25) is 0 Å². The number of anilines is 1. The fourth-order valence-electron chi connectivity index (χ4n) is 2.53. The molecule has 106 valence electrons. The van der Waals surface area contributed by atoms with E-state index in [4.69, 9.17) is 10.5 Å². The smallest absolute Gasteiger partial charge is 0.146 e. The molecule has 1 heterocycles. The van der Waals surface area contributed by atoms with Gasteiger partial charge in [0, 0.05) is 32.8 Å². The van der Waals surface area contributed by atoms with Crippen LogP contribution in [0.5, 0.6) is 0 Å². The summed E-state index contributed by atoms with van der Waals surface area (Å²) in [5.41, 5.74) is 7.25. The van der Waals surface area contributed by atoms with Crippen molar-refractivity contribution in [2.24, 2.45) is 11.7 Å². The lowest BCUT2D eigenvalue weighted by Gasteiger charge is -2.28. The summed E-state index contributed by atoms with van der Waals surface area (Å²) in [4.78, 5) is 2.00. The van der Waals surface area contributed by atoms with E-state index < -0.39 is 0 Å². The highest BCUT2D eigenvalue weighted by Crippen LogP contribution is 2.24. The molecule has 0 unspecified atom stereocenters. The van der Waals surface area contributed by atoms with Crippen molar-refractivity contribution in [2.45, 2.75) is 25.8 Å². The Morgan fingerprint density at radius 2 is 2.11 bits per heavy atom. The van der Waals surface area contributed by atoms with Crippen LogP contribution in [-0.4, -0.2) is 26.8 Å². The van der Waals surface area contributed by atoms with E-state index in [0.29, 0.717) is 11.6 Å². The van der Waals surface area contributed by atoms with Crippen LogP contribution >= 0.6 is 0 Å². The predicted molar refractivity (Wildman–Crippen MR) is 75.8 cm³/mol. The Hall–Kier alpha value is -1.13. The summed E-state index contributed by atoms with van der Waals surface area (Å²) in [5, 5.41) is 0. The van der Waals surface area contributed by atoms with Crippen molar-refractivity contribution in [3.8, 4) is 0 Å². The molecule has 2 N–H and O–H groups in total. The Morgan fingerprint density at radius 1 is 1.42 bits per heavy atom. The summed E-state index contributed by atoms with van der Waals surface area (Å²) in [6, 6.07) is 5.14. The third kappa shape index (κ3) is 3.67. The zero-order valence-corrected chi connectivity index (χ0v) is 11.7. The highest BCUT2D eigenvalue weighted by Gasteiger charge is 2.18. The van der Waals surface area contributed by atoms with Gasteiger partial charge in [-0.05, 0) is 43.4 Å². The number of ether oxygens (including phenoxy) is 1. The average Bonchev–Trinajstić information content (AvgIpc) is 2.39. The number of benzene rings is 1. The van der Waals surface area contributed by atoms with Gasteiger partial charge in [0.05, 0.1) is 5.69 Å². The minimum atomic E-state index is -0.190. The van der Waals surface area contributed by atoms with Crippen LogP contribution in [-0.2, 0) is 4.74 Å². The number of hydrogen-bond donors (Lipinski definition) is 1. The molecule has 19 heavy (non-hydrogen) atoms. The number of nitrogens with zero attached hydrogens (tertiary/aromatic N) is 1. The fourth-order valence-corrected chi connectivity index (χ4v) is 2.53. The third-order valence-corrected chi connectivity index (χ3v) is 3.78. The molecule has 3 nitrogen and oxygen atoms in total. The van der Waals surface area contributed by atoms with Gasteiger partial charge in [-0.3, -0.25) is 0 Å². The van der Waals surface area contributed by atoms with Gasteiger partial charge in [0.25, 0.3) is 0 Å². The highest BCUT2D eigenvalue weighted by molar-refractivity contribution is 5.49.